The number of hydrogen-bond donors (Lipinski definition) is 1. The Morgan fingerprint density at radius 1 is 1.24 bits per heavy atom. The fraction of sp³-hybridized carbons (Fsp3) is 1.00. The molecule has 0 atom stereocenters. The van der Waals surface area contributed by atoms with Crippen LogP contribution in [0.1, 0.15) is 27.2 Å². The molecule has 0 aromatic heterocycles. The summed E-state index contributed by atoms with van der Waals surface area (Å²) in [7, 11) is 1.71. The molecule has 0 N–H and O–H groups in total. The van der Waals surface area contributed by atoms with E-state index in [1.807, 2.05) is 0 Å². The standard InChI is InChI=1S/C6H14OS.C4H6F4O/c1-6(2,8)4-5-7-3;1-2-9-4(7,8)3(5)6/h8H,4-5H2,1-3H3;3H,2H2,1H3. The van der Waals surface area contributed by atoms with Gasteiger partial charge in [0.1, 0.15) is 0 Å². The highest BCUT2D eigenvalue weighted by Crippen LogP contribution is 2.23. The van der Waals surface area contributed by atoms with E-state index in [0.717, 1.165) is 13.0 Å². The molecule has 0 unspecified atom stereocenters. The predicted octanol–water partition coefficient (Wildman–Crippen LogP) is 3.61. The average molecular weight is 280 g/mol. The molecule has 0 amide bonds. The van der Waals surface area contributed by atoms with Gasteiger partial charge in [-0.25, -0.2) is 8.78 Å². The second-order valence-corrected chi connectivity index (χ2v) is 5.06. The van der Waals surface area contributed by atoms with Gasteiger partial charge in [-0.15, -0.1) is 0 Å². The zero-order valence-electron chi connectivity index (χ0n) is 10.5. The molecule has 0 aromatic rings. The largest absolute Gasteiger partial charge is 0.416 e. The maximum absolute atomic E-state index is 11.6. The lowest BCUT2D eigenvalue weighted by atomic mass is 10.1. The Hall–Kier alpha value is -0.0100. The van der Waals surface area contributed by atoms with E-state index >= 15 is 0 Å². The third kappa shape index (κ3) is 13.9. The molecule has 0 spiro atoms. The third-order valence-corrected chi connectivity index (χ3v) is 1.73. The molecule has 0 radical (unpaired) electrons. The summed E-state index contributed by atoms with van der Waals surface area (Å²) < 4.78 is 53.8. The fourth-order valence-corrected chi connectivity index (χ4v) is 0.699. The predicted molar refractivity (Wildman–Crippen MR) is 62.1 cm³/mol. The molecule has 0 fully saturated rings. The minimum Gasteiger partial charge on any atom is -0.385 e. The number of ether oxygens (including phenoxy) is 2. The van der Waals surface area contributed by atoms with E-state index in [1.165, 1.54) is 6.92 Å². The van der Waals surface area contributed by atoms with Crippen molar-refractivity contribution in [3.63, 3.8) is 0 Å². The smallest absolute Gasteiger partial charge is 0.385 e. The highest BCUT2D eigenvalue weighted by Gasteiger charge is 2.41. The molecular weight excluding hydrogens is 260 g/mol. The quantitative estimate of drug-likeness (QED) is 0.592. The number of hydrogen-bond acceptors (Lipinski definition) is 3. The normalized spacial score (nSPS) is 12.4. The van der Waals surface area contributed by atoms with Crippen LogP contribution in [0.25, 0.3) is 0 Å². The fourth-order valence-electron chi connectivity index (χ4n) is 0.607. The van der Waals surface area contributed by atoms with Crippen LogP contribution in [-0.2, 0) is 9.47 Å². The van der Waals surface area contributed by atoms with Gasteiger partial charge in [-0.1, -0.05) is 13.8 Å². The number of thiol groups is 1. The summed E-state index contributed by atoms with van der Waals surface area (Å²) in [6.07, 6.45) is -7.01. The summed E-state index contributed by atoms with van der Waals surface area (Å²) in [6.45, 7) is 5.76. The van der Waals surface area contributed by atoms with E-state index in [1.54, 1.807) is 7.11 Å². The van der Waals surface area contributed by atoms with Crippen molar-refractivity contribution in [2.75, 3.05) is 20.3 Å². The van der Waals surface area contributed by atoms with Gasteiger partial charge in [0, 0.05) is 18.5 Å². The van der Waals surface area contributed by atoms with Crippen LogP contribution in [0.2, 0.25) is 0 Å². The summed E-state index contributed by atoms with van der Waals surface area (Å²) in [6, 6.07) is 0. The van der Waals surface area contributed by atoms with Gasteiger partial charge in [-0.2, -0.15) is 21.4 Å². The van der Waals surface area contributed by atoms with Crippen LogP contribution in [0.3, 0.4) is 0 Å². The first kappa shape index (κ1) is 19.3. The van der Waals surface area contributed by atoms with Crippen molar-refractivity contribution in [3.05, 3.63) is 0 Å². The maximum Gasteiger partial charge on any atom is 0.416 e. The molecular formula is C10H20F4O2S. The zero-order valence-corrected chi connectivity index (χ0v) is 11.4. The molecule has 17 heavy (non-hydrogen) atoms. The van der Waals surface area contributed by atoms with Gasteiger partial charge in [0.25, 0.3) is 0 Å². The average Bonchev–Trinajstić information content (AvgIpc) is 2.14. The van der Waals surface area contributed by atoms with Gasteiger partial charge in [0.15, 0.2) is 0 Å². The second-order valence-electron chi connectivity index (χ2n) is 3.85. The van der Waals surface area contributed by atoms with Gasteiger partial charge < -0.3 is 9.47 Å². The first-order chi connectivity index (χ1) is 7.56. The Morgan fingerprint density at radius 2 is 1.71 bits per heavy atom. The third-order valence-electron chi connectivity index (χ3n) is 1.51. The lowest BCUT2D eigenvalue weighted by Crippen LogP contribution is -2.29. The summed E-state index contributed by atoms with van der Waals surface area (Å²) in [5.41, 5.74) is 0. The molecule has 0 aliphatic heterocycles. The lowest BCUT2D eigenvalue weighted by molar-refractivity contribution is -0.298. The van der Waals surface area contributed by atoms with Gasteiger partial charge in [-0.05, 0) is 13.3 Å². The van der Waals surface area contributed by atoms with Crippen LogP contribution < -0.4 is 0 Å². The van der Waals surface area contributed by atoms with E-state index in [-0.39, 0.29) is 4.75 Å². The molecule has 0 heterocycles. The Labute approximate surface area is 105 Å². The molecule has 7 heteroatoms. The minimum atomic E-state index is -4.28. The summed E-state index contributed by atoms with van der Waals surface area (Å²) in [4.78, 5) is 0. The molecule has 0 aliphatic rings. The number of alkyl halides is 4. The molecule has 0 saturated heterocycles. The summed E-state index contributed by atoms with van der Waals surface area (Å²) in [5.74, 6) is 0. The summed E-state index contributed by atoms with van der Waals surface area (Å²) >= 11 is 4.31. The van der Waals surface area contributed by atoms with Gasteiger partial charge >= 0.3 is 12.5 Å². The summed E-state index contributed by atoms with van der Waals surface area (Å²) in [5, 5.41) is 0. The van der Waals surface area contributed by atoms with E-state index in [9.17, 15) is 17.6 Å². The van der Waals surface area contributed by atoms with Gasteiger partial charge in [-0.3, -0.25) is 0 Å². The van der Waals surface area contributed by atoms with Crippen LogP contribution in [-0.4, -0.2) is 37.6 Å². The van der Waals surface area contributed by atoms with Crippen molar-refractivity contribution in [3.8, 4) is 0 Å². The SMILES string of the molecule is CCOC(F)(F)C(F)F.COCCC(C)(C)S. The maximum atomic E-state index is 11.6. The number of methoxy groups -OCH3 is 1. The minimum absolute atomic E-state index is 0.121. The number of halogens is 4. The molecule has 0 bridgehead atoms. The lowest BCUT2D eigenvalue weighted by Gasteiger charge is -2.15. The van der Waals surface area contributed by atoms with Crippen LogP contribution in [0.4, 0.5) is 17.6 Å². The van der Waals surface area contributed by atoms with Crippen molar-refractivity contribution in [1.29, 1.82) is 0 Å². The van der Waals surface area contributed by atoms with Gasteiger partial charge in [0.05, 0.1) is 6.61 Å². The Bertz CT molecular complexity index is 184. The van der Waals surface area contributed by atoms with E-state index in [2.05, 4.69) is 31.2 Å². The highest BCUT2D eigenvalue weighted by molar-refractivity contribution is 7.81. The van der Waals surface area contributed by atoms with Gasteiger partial charge in [0.2, 0.25) is 0 Å². The Morgan fingerprint density at radius 3 is 1.82 bits per heavy atom. The van der Waals surface area contributed by atoms with Crippen molar-refractivity contribution >= 4 is 12.6 Å². The molecule has 106 valence electrons. The first-order valence-electron chi connectivity index (χ1n) is 5.08. The van der Waals surface area contributed by atoms with E-state index < -0.39 is 19.1 Å². The zero-order chi connectivity index (χ0) is 14.1. The second kappa shape index (κ2) is 8.99. The van der Waals surface area contributed by atoms with Crippen LogP contribution in [0, 0.1) is 0 Å². The van der Waals surface area contributed by atoms with Crippen LogP contribution in [0.5, 0.6) is 0 Å². The molecule has 0 aliphatic carbocycles. The monoisotopic (exact) mass is 280 g/mol. The van der Waals surface area contributed by atoms with Crippen molar-refractivity contribution in [2.45, 2.75) is 44.5 Å². The topological polar surface area (TPSA) is 18.5 Å². The van der Waals surface area contributed by atoms with Crippen molar-refractivity contribution < 1.29 is 27.0 Å². The molecule has 0 saturated carbocycles. The van der Waals surface area contributed by atoms with Crippen molar-refractivity contribution in [1.82, 2.24) is 0 Å². The Kier molecular flexibility index (Phi) is 10.2. The first-order valence-corrected chi connectivity index (χ1v) is 5.52. The van der Waals surface area contributed by atoms with Crippen LogP contribution >= 0.6 is 12.6 Å². The van der Waals surface area contributed by atoms with E-state index in [0.29, 0.717) is 0 Å². The van der Waals surface area contributed by atoms with E-state index in [4.69, 9.17) is 4.74 Å². The molecule has 2 nitrogen and oxygen atoms in total. The molecule has 0 rings (SSSR count). The molecule has 0 aromatic carbocycles. The van der Waals surface area contributed by atoms with Crippen LogP contribution in [0.15, 0.2) is 0 Å². The van der Waals surface area contributed by atoms with Crippen molar-refractivity contribution in [2.24, 2.45) is 0 Å². The highest BCUT2D eigenvalue weighted by atomic mass is 32.1. The Balaban J connectivity index is 0. The number of rotatable bonds is 6.